The van der Waals surface area contributed by atoms with Crippen molar-refractivity contribution in [2.45, 2.75) is 25.9 Å². The molecule has 1 amide bonds. The van der Waals surface area contributed by atoms with Crippen LogP contribution in [0.25, 0.3) is 0 Å². The fourth-order valence-corrected chi connectivity index (χ4v) is 2.26. The number of amides is 1. The predicted octanol–water partition coefficient (Wildman–Crippen LogP) is 1.30. The Bertz CT molecular complexity index is 420. The molecule has 18 heavy (non-hydrogen) atoms. The van der Waals surface area contributed by atoms with Crippen LogP contribution in [0.3, 0.4) is 0 Å². The van der Waals surface area contributed by atoms with Crippen LogP contribution in [0, 0.1) is 0 Å². The summed E-state index contributed by atoms with van der Waals surface area (Å²) in [6.07, 6.45) is 3.73. The molecule has 1 atom stereocenters. The van der Waals surface area contributed by atoms with E-state index in [1.165, 1.54) is 0 Å². The molecule has 1 aliphatic heterocycles. The molecule has 2 rings (SSSR count). The molecule has 0 saturated carbocycles. The molecule has 2 N–H and O–H groups in total. The lowest BCUT2D eigenvalue weighted by Crippen LogP contribution is -2.43. The highest BCUT2D eigenvalue weighted by atomic mass is 16.5. The van der Waals surface area contributed by atoms with Crippen LogP contribution in [-0.2, 0) is 4.74 Å². The largest absolute Gasteiger partial charge is 0.384 e. The van der Waals surface area contributed by atoms with Crippen molar-refractivity contribution < 1.29 is 9.53 Å². The second-order valence-corrected chi connectivity index (χ2v) is 4.44. The lowest BCUT2D eigenvalue weighted by atomic mass is 10.1. The number of nitrogens with zero attached hydrogens (tertiary/aromatic N) is 2. The molecule has 5 heteroatoms. The summed E-state index contributed by atoms with van der Waals surface area (Å²) >= 11 is 0. The summed E-state index contributed by atoms with van der Waals surface area (Å²) in [5.41, 5.74) is 6.19. The molecular formula is C13H19N3O2. The summed E-state index contributed by atoms with van der Waals surface area (Å²) in [6, 6.07) is 3.32. The minimum Gasteiger partial charge on any atom is -0.384 e. The second kappa shape index (κ2) is 5.82. The first-order valence-electron chi connectivity index (χ1n) is 6.33. The monoisotopic (exact) mass is 249 g/mol. The van der Waals surface area contributed by atoms with E-state index in [0.29, 0.717) is 24.5 Å². The fourth-order valence-electron chi connectivity index (χ4n) is 2.26. The Kier molecular flexibility index (Phi) is 4.15. The van der Waals surface area contributed by atoms with Gasteiger partial charge in [-0.25, -0.2) is 4.98 Å². The quantitative estimate of drug-likeness (QED) is 0.876. The molecule has 1 aliphatic rings. The number of piperidine rings is 1. The lowest BCUT2D eigenvalue weighted by Gasteiger charge is -2.32. The van der Waals surface area contributed by atoms with Crippen LogP contribution in [0.1, 0.15) is 30.1 Å². The van der Waals surface area contributed by atoms with Gasteiger partial charge in [-0.05, 0) is 31.9 Å². The molecule has 0 bridgehead atoms. The third kappa shape index (κ3) is 2.98. The van der Waals surface area contributed by atoms with Crippen LogP contribution < -0.4 is 5.73 Å². The summed E-state index contributed by atoms with van der Waals surface area (Å²) < 4.78 is 5.59. The van der Waals surface area contributed by atoms with Crippen molar-refractivity contribution in [2.75, 3.05) is 25.4 Å². The summed E-state index contributed by atoms with van der Waals surface area (Å²) in [6.45, 7) is 4.11. The number of likely N-dealkylation sites (tertiary alicyclic amines) is 1. The molecule has 0 radical (unpaired) electrons. The van der Waals surface area contributed by atoms with Gasteiger partial charge in [0.1, 0.15) is 5.82 Å². The van der Waals surface area contributed by atoms with Gasteiger partial charge in [-0.1, -0.05) is 0 Å². The summed E-state index contributed by atoms with van der Waals surface area (Å²) in [7, 11) is 0. The third-order valence-corrected chi connectivity index (χ3v) is 3.10. The van der Waals surface area contributed by atoms with Gasteiger partial charge in [-0.3, -0.25) is 4.79 Å². The molecule has 98 valence electrons. The van der Waals surface area contributed by atoms with Crippen molar-refractivity contribution in [3.05, 3.63) is 23.9 Å². The zero-order chi connectivity index (χ0) is 13.0. The number of rotatable bonds is 3. The van der Waals surface area contributed by atoms with Gasteiger partial charge in [-0.2, -0.15) is 0 Å². The molecule has 1 fully saturated rings. The summed E-state index contributed by atoms with van der Waals surface area (Å²) in [4.78, 5) is 18.0. The molecule has 1 aromatic heterocycles. The first-order valence-corrected chi connectivity index (χ1v) is 6.33. The molecule has 1 saturated heterocycles. The number of pyridine rings is 1. The van der Waals surface area contributed by atoms with Crippen molar-refractivity contribution in [1.29, 1.82) is 0 Å². The van der Waals surface area contributed by atoms with Gasteiger partial charge in [0.25, 0.3) is 5.91 Å². The van der Waals surface area contributed by atoms with Crippen LogP contribution >= 0.6 is 0 Å². The van der Waals surface area contributed by atoms with E-state index in [1.807, 2.05) is 11.8 Å². The van der Waals surface area contributed by atoms with E-state index < -0.39 is 0 Å². The Morgan fingerprint density at radius 2 is 2.50 bits per heavy atom. The first-order chi connectivity index (χ1) is 8.70. The highest BCUT2D eigenvalue weighted by molar-refractivity contribution is 5.94. The third-order valence-electron chi connectivity index (χ3n) is 3.10. The Morgan fingerprint density at radius 3 is 3.22 bits per heavy atom. The molecule has 0 spiro atoms. The van der Waals surface area contributed by atoms with Crippen LogP contribution in [0.15, 0.2) is 18.3 Å². The van der Waals surface area contributed by atoms with Gasteiger partial charge in [0.05, 0.1) is 6.10 Å². The highest BCUT2D eigenvalue weighted by Crippen LogP contribution is 2.16. The number of hydrogen-bond acceptors (Lipinski definition) is 4. The molecule has 2 heterocycles. The molecule has 0 aliphatic carbocycles. The maximum Gasteiger partial charge on any atom is 0.254 e. The van der Waals surface area contributed by atoms with E-state index >= 15 is 0 Å². The van der Waals surface area contributed by atoms with E-state index in [2.05, 4.69) is 4.98 Å². The van der Waals surface area contributed by atoms with Crippen molar-refractivity contribution in [1.82, 2.24) is 9.88 Å². The molecular weight excluding hydrogens is 230 g/mol. The number of aromatic nitrogens is 1. The minimum absolute atomic E-state index is 0.00787. The number of ether oxygens (including phenoxy) is 1. The summed E-state index contributed by atoms with van der Waals surface area (Å²) in [5, 5.41) is 0. The standard InChI is InChI=1S/C13H19N3O2/c1-2-18-11-4-3-7-16(9-11)13(17)10-5-6-15-12(14)8-10/h5-6,8,11H,2-4,7,9H2,1H3,(H2,14,15). The van der Waals surface area contributed by atoms with E-state index in [4.69, 9.17) is 10.5 Å². The predicted molar refractivity (Wildman–Crippen MR) is 69.2 cm³/mol. The fraction of sp³-hybridized carbons (Fsp3) is 0.538. The average Bonchev–Trinajstić information content (AvgIpc) is 2.39. The van der Waals surface area contributed by atoms with E-state index in [9.17, 15) is 4.79 Å². The van der Waals surface area contributed by atoms with Crippen molar-refractivity contribution >= 4 is 11.7 Å². The topological polar surface area (TPSA) is 68.5 Å². The molecule has 0 aromatic carbocycles. The van der Waals surface area contributed by atoms with Gasteiger partial charge in [0, 0.05) is 31.5 Å². The smallest absolute Gasteiger partial charge is 0.254 e. The molecule has 1 aromatic rings. The number of carbonyl (C=O) groups is 1. The second-order valence-electron chi connectivity index (χ2n) is 4.44. The number of nitrogen functional groups attached to an aromatic ring is 1. The average molecular weight is 249 g/mol. The number of carbonyl (C=O) groups excluding carboxylic acids is 1. The normalized spacial score (nSPS) is 19.8. The van der Waals surface area contributed by atoms with Gasteiger partial charge in [0.15, 0.2) is 0 Å². The molecule has 5 nitrogen and oxygen atoms in total. The van der Waals surface area contributed by atoms with E-state index in [-0.39, 0.29) is 12.0 Å². The van der Waals surface area contributed by atoms with E-state index in [1.54, 1.807) is 18.3 Å². The van der Waals surface area contributed by atoms with E-state index in [0.717, 1.165) is 19.4 Å². The van der Waals surface area contributed by atoms with Gasteiger partial charge < -0.3 is 15.4 Å². The van der Waals surface area contributed by atoms with Crippen molar-refractivity contribution in [2.24, 2.45) is 0 Å². The van der Waals surface area contributed by atoms with Crippen LogP contribution in [0.4, 0.5) is 5.82 Å². The Balaban J connectivity index is 2.04. The van der Waals surface area contributed by atoms with Crippen LogP contribution in [-0.4, -0.2) is 41.6 Å². The van der Waals surface area contributed by atoms with Gasteiger partial charge in [-0.15, -0.1) is 0 Å². The Labute approximate surface area is 107 Å². The SMILES string of the molecule is CCOC1CCCN(C(=O)c2ccnc(N)c2)C1. The number of anilines is 1. The van der Waals surface area contributed by atoms with Crippen LogP contribution in [0.5, 0.6) is 0 Å². The lowest BCUT2D eigenvalue weighted by molar-refractivity contribution is 0.00724. The van der Waals surface area contributed by atoms with Crippen molar-refractivity contribution in [3.63, 3.8) is 0 Å². The van der Waals surface area contributed by atoms with Crippen LogP contribution in [0.2, 0.25) is 0 Å². The minimum atomic E-state index is 0.00787. The number of nitrogens with two attached hydrogens (primary N) is 1. The Morgan fingerprint density at radius 1 is 1.67 bits per heavy atom. The van der Waals surface area contributed by atoms with Crippen molar-refractivity contribution in [3.8, 4) is 0 Å². The zero-order valence-electron chi connectivity index (χ0n) is 10.6. The Hall–Kier alpha value is -1.62. The summed E-state index contributed by atoms with van der Waals surface area (Å²) in [5.74, 6) is 0.382. The molecule has 1 unspecified atom stereocenters. The maximum absolute atomic E-state index is 12.3. The van der Waals surface area contributed by atoms with Gasteiger partial charge >= 0.3 is 0 Å². The number of hydrogen-bond donors (Lipinski definition) is 1. The zero-order valence-corrected chi connectivity index (χ0v) is 10.6. The highest BCUT2D eigenvalue weighted by Gasteiger charge is 2.24. The first kappa shape index (κ1) is 12.8. The van der Waals surface area contributed by atoms with Gasteiger partial charge in [0.2, 0.25) is 0 Å². The maximum atomic E-state index is 12.3.